The van der Waals surface area contributed by atoms with Gasteiger partial charge in [-0.1, -0.05) is 18.2 Å². The molecule has 8 heteroatoms. The van der Waals surface area contributed by atoms with E-state index in [1.807, 2.05) is 35.4 Å². The fraction of sp³-hybridized carbons (Fsp3) is 0.346. The molecule has 0 spiro atoms. The second-order valence-electron chi connectivity index (χ2n) is 9.36. The van der Waals surface area contributed by atoms with Crippen molar-refractivity contribution in [1.82, 2.24) is 24.6 Å². The average Bonchev–Trinajstić information content (AvgIpc) is 3.24. The van der Waals surface area contributed by atoms with E-state index in [0.29, 0.717) is 23.7 Å². The zero-order chi connectivity index (χ0) is 23.2. The molecule has 34 heavy (non-hydrogen) atoms. The first-order valence-electron chi connectivity index (χ1n) is 11.8. The van der Waals surface area contributed by atoms with Gasteiger partial charge in [0.2, 0.25) is 5.91 Å². The Morgan fingerprint density at radius 3 is 2.76 bits per heavy atom. The second kappa shape index (κ2) is 8.20. The summed E-state index contributed by atoms with van der Waals surface area (Å²) in [6, 6.07) is 14.2. The van der Waals surface area contributed by atoms with Gasteiger partial charge in [-0.15, -0.1) is 0 Å². The third-order valence-corrected chi connectivity index (χ3v) is 7.05. The molecule has 1 saturated heterocycles. The molecular formula is C26H27N5O3. The van der Waals surface area contributed by atoms with Crippen molar-refractivity contribution in [3.8, 4) is 22.6 Å². The standard InChI is InChI=1S/C26H27N5O3/c1-34-23-14-20(19-5-2-17-8-10-27-21(17)13-19)6-7-22(23)31-24(28-29-26(31)33)12-16-9-11-30(15-16)25(32)18-3-4-18/h2,5-8,10,13-14,16,18,27H,3-4,9,11-12,15H2,1H3,(H,29,33). The zero-order valence-electron chi connectivity index (χ0n) is 19.1. The highest BCUT2D eigenvalue weighted by molar-refractivity contribution is 5.85. The monoisotopic (exact) mass is 457 g/mol. The molecule has 174 valence electrons. The van der Waals surface area contributed by atoms with Crippen molar-refractivity contribution in [1.29, 1.82) is 0 Å². The molecule has 1 atom stereocenters. The number of fused-ring (bicyclic) bond motifs is 1. The van der Waals surface area contributed by atoms with Crippen molar-refractivity contribution in [2.24, 2.45) is 11.8 Å². The van der Waals surface area contributed by atoms with Crippen LogP contribution in [0.3, 0.4) is 0 Å². The van der Waals surface area contributed by atoms with E-state index in [9.17, 15) is 9.59 Å². The quantitative estimate of drug-likeness (QED) is 0.463. The summed E-state index contributed by atoms with van der Waals surface area (Å²) in [6.45, 7) is 1.52. The van der Waals surface area contributed by atoms with Gasteiger partial charge in [-0.3, -0.25) is 4.79 Å². The number of amides is 1. The van der Waals surface area contributed by atoms with Crippen molar-refractivity contribution < 1.29 is 9.53 Å². The molecule has 8 nitrogen and oxygen atoms in total. The van der Waals surface area contributed by atoms with Gasteiger partial charge in [0.1, 0.15) is 11.6 Å². The lowest BCUT2D eigenvalue weighted by molar-refractivity contribution is -0.131. The Morgan fingerprint density at radius 2 is 1.94 bits per heavy atom. The normalized spacial score (nSPS) is 18.0. The van der Waals surface area contributed by atoms with E-state index in [1.54, 1.807) is 11.7 Å². The molecule has 2 N–H and O–H groups in total. The van der Waals surface area contributed by atoms with Gasteiger partial charge in [-0.25, -0.2) is 14.5 Å². The van der Waals surface area contributed by atoms with Crippen molar-refractivity contribution in [3.63, 3.8) is 0 Å². The van der Waals surface area contributed by atoms with E-state index in [-0.39, 0.29) is 23.4 Å². The van der Waals surface area contributed by atoms with Crippen LogP contribution in [0.15, 0.2) is 53.5 Å². The lowest BCUT2D eigenvalue weighted by Crippen LogP contribution is -2.30. The molecule has 1 amide bonds. The minimum atomic E-state index is -0.294. The van der Waals surface area contributed by atoms with Gasteiger partial charge in [0.15, 0.2) is 0 Å². The Morgan fingerprint density at radius 1 is 1.12 bits per heavy atom. The molecule has 6 rings (SSSR count). The molecule has 1 aliphatic heterocycles. The molecule has 4 aromatic rings. The van der Waals surface area contributed by atoms with Gasteiger partial charge in [-0.2, -0.15) is 5.10 Å². The first-order chi connectivity index (χ1) is 16.6. The number of carbonyl (C=O) groups excluding carboxylic acids is 1. The van der Waals surface area contributed by atoms with Gasteiger partial charge < -0.3 is 14.6 Å². The number of H-pyrrole nitrogens is 2. The smallest absolute Gasteiger partial charge is 0.348 e. The minimum Gasteiger partial charge on any atom is -0.495 e. The summed E-state index contributed by atoms with van der Waals surface area (Å²) in [7, 11) is 1.61. The number of nitrogens with zero attached hydrogens (tertiary/aromatic N) is 3. The summed E-state index contributed by atoms with van der Waals surface area (Å²) in [5.41, 5.74) is 3.49. The van der Waals surface area contributed by atoms with Crippen LogP contribution in [0.5, 0.6) is 5.75 Å². The molecule has 1 aliphatic carbocycles. The number of likely N-dealkylation sites (tertiary alicyclic amines) is 1. The Balaban J connectivity index is 1.28. The SMILES string of the molecule is COc1cc(-c2ccc3cc[nH]c3c2)ccc1-n1c(CC2CCN(C(=O)C3CC3)C2)n[nH]c1=O. The Kier molecular flexibility index (Phi) is 5.01. The summed E-state index contributed by atoms with van der Waals surface area (Å²) in [5, 5.41) is 8.08. The van der Waals surface area contributed by atoms with E-state index in [0.717, 1.165) is 54.4 Å². The number of aromatic nitrogens is 4. The third kappa shape index (κ3) is 3.69. The molecule has 2 aliphatic rings. The van der Waals surface area contributed by atoms with Crippen LogP contribution in [0.25, 0.3) is 27.7 Å². The summed E-state index contributed by atoms with van der Waals surface area (Å²) in [6.07, 6.45) is 5.52. The maximum atomic E-state index is 12.7. The topological polar surface area (TPSA) is 96.0 Å². The molecule has 1 saturated carbocycles. The van der Waals surface area contributed by atoms with Gasteiger partial charge in [0.05, 0.1) is 12.8 Å². The van der Waals surface area contributed by atoms with Crippen LogP contribution in [0.2, 0.25) is 0 Å². The van der Waals surface area contributed by atoms with Crippen LogP contribution in [0.1, 0.15) is 25.1 Å². The van der Waals surface area contributed by atoms with Crippen LogP contribution in [-0.4, -0.2) is 50.8 Å². The number of hydrogen-bond donors (Lipinski definition) is 2. The number of ether oxygens (including phenoxy) is 1. The first-order valence-corrected chi connectivity index (χ1v) is 11.8. The van der Waals surface area contributed by atoms with Gasteiger partial charge in [0.25, 0.3) is 0 Å². The van der Waals surface area contributed by atoms with Crippen molar-refractivity contribution in [2.45, 2.75) is 25.7 Å². The highest BCUT2D eigenvalue weighted by atomic mass is 16.5. The number of rotatable bonds is 6. The number of benzene rings is 2. The minimum absolute atomic E-state index is 0.239. The van der Waals surface area contributed by atoms with Gasteiger partial charge in [0, 0.05) is 37.1 Å². The van der Waals surface area contributed by atoms with E-state index >= 15 is 0 Å². The summed E-state index contributed by atoms with van der Waals surface area (Å²) >= 11 is 0. The molecule has 0 bridgehead atoms. The second-order valence-corrected chi connectivity index (χ2v) is 9.36. The van der Waals surface area contributed by atoms with Crippen molar-refractivity contribution >= 4 is 16.8 Å². The van der Waals surface area contributed by atoms with Gasteiger partial charge in [-0.05, 0) is 66.0 Å². The number of carbonyl (C=O) groups is 1. The fourth-order valence-corrected chi connectivity index (χ4v) is 5.03. The van der Waals surface area contributed by atoms with Crippen molar-refractivity contribution in [2.75, 3.05) is 20.2 Å². The van der Waals surface area contributed by atoms with E-state index in [2.05, 4.69) is 33.4 Å². The largest absolute Gasteiger partial charge is 0.495 e. The maximum absolute atomic E-state index is 12.7. The van der Waals surface area contributed by atoms with Crippen LogP contribution in [-0.2, 0) is 11.2 Å². The molecule has 2 aromatic heterocycles. The lowest BCUT2D eigenvalue weighted by atomic mass is 10.0. The first kappa shape index (κ1) is 20.8. The molecule has 3 heterocycles. The summed E-state index contributed by atoms with van der Waals surface area (Å²) in [4.78, 5) is 30.4. The Hall–Kier alpha value is -3.81. The lowest BCUT2D eigenvalue weighted by Gasteiger charge is -2.17. The van der Waals surface area contributed by atoms with Crippen molar-refractivity contribution in [3.05, 3.63) is 65.0 Å². The number of hydrogen-bond acceptors (Lipinski definition) is 4. The maximum Gasteiger partial charge on any atom is 0.348 e. The average molecular weight is 458 g/mol. The predicted molar refractivity (Wildman–Crippen MR) is 129 cm³/mol. The fourth-order valence-electron chi connectivity index (χ4n) is 5.03. The molecule has 1 unspecified atom stereocenters. The van der Waals surface area contributed by atoms with Gasteiger partial charge >= 0.3 is 5.69 Å². The van der Waals surface area contributed by atoms with Crippen LogP contribution in [0.4, 0.5) is 0 Å². The van der Waals surface area contributed by atoms with Crippen LogP contribution in [0, 0.1) is 11.8 Å². The Bertz CT molecular complexity index is 1430. The van der Waals surface area contributed by atoms with E-state index in [4.69, 9.17) is 4.74 Å². The molecule has 2 aromatic carbocycles. The number of nitrogens with one attached hydrogen (secondary N) is 2. The number of aromatic amines is 2. The molecular weight excluding hydrogens is 430 g/mol. The summed E-state index contributed by atoms with van der Waals surface area (Å²) < 4.78 is 7.30. The zero-order valence-corrected chi connectivity index (χ0v) is 19.1. The van der Waals surface area contributed by atoms with E-state index < -0.39 is 0 Å². The predicted octanol–water partition coefficient (Wildman–Crippen LogP) is 3.52. The highest BCUT2D eigenvalue weighted by Crippen LogP contribution is 2.34. The van der Waals surface area contributed by atoms with Crippen LogP contribution < -0.4 is 10.4 Å². The third-order valence-electron chi connectivity index (χ3n) is 7.05. The summed E-state index contributed by atoms with van der Waals surface area (Å²) in [5.74, 6) is 2.08. The van der Waals surface area contributed by atoms with Crippen LogP contribution >= 0.6 is 0 Å². The Labute approximate surface area is 196 Å². The highest BCUT2D eigenvalue weighted by Gasteiger charge is 2.37. The number of methoxy groups -OCH3 is 1. The molecule has 2 fully saturated rings. The van der Waals surface area contributed by atoms with E-state index in [1.165, 1.54) is 0 Å². The molecule has 0 radical (unpaired) electrons.